The van der Waals surface area contributed by atoms with Gasteiger partial charge in [-0.25, -0.2) is 12.8 Å². The standard InChI is InChI=1S/C20H22FN3O3S4/c1-28-12-10-23-15-8-7-14(21)13-17(15)30-20(23)22-19(25)16-5-2-3-9-24(16)31(26,27)18-6-4-11-29-18/h4,6-8,11,13,16H,2-3,5,9-10,12H2,1H3. The van der Waals surface area contributed by atoms with Gasteiger partial charge in [-0.1, -0.05) is 23.8 Å². The highest BCUT2D eigenvalue weighted by Crippen LogP contribution is 2.28. The van der Waals surface area contributed by atoms with Crippen LogP contribution in [0.15, 0.2) is 44.9 Å². The molecule has 1 saturated heterocycles. The first-order valence-electron chi connectivity index (χ1n) is 9.83. The Morgan fingerprint density at radius 2 is 2.16 bits per heavy atom. The van der Waals surface area contributed by atoms with E-state index in [2.05, 4.69) is 4.99 Å². The summed E-state index contributed by atoms with van der Waals surface area (Å²) in [5.74, 6) is 0.00120. The molecule has 6 nitrogen and oxygen atoms in total. The minimum Gasteiger partial charge on any atom is -0.316 e. The topological polar surface area (TPSA) is 71.7 Å². The van der Waals surface area contributed by atoms with Gasteiger partial charge in [-0.15, -0.1) is 11.3 Å². The molecule has 0 radical (unpaired) electrons. The third kappa shape index (κ3) is 4.65. The average molecular weight is 500 g/mol. The van der Waals surface area contributed by atoms with Gasteiger partial charge in [-0.2, -0.15) is 21.1 Å². The van der Waals surface area contributed by atoms with E-state index < -0.39 is 22.0 Å². The summed E-state index contributed by atoms with van der Waals surface area (Å²) in [4.78, 5) is 18.0. The molecule has 0 aliphatic carbocycles. The number of thiophene rings is 1. The number of halogens is 1. The molecule has 0 bridgehead atoms. The smallest absolute Gasteiger partial charge is 0.266 e. The van der Waals surface area contributed by atoms with Crippen LogP contribution in [0, 0.1) is 5.82 Å². The van der Waals surface area contributed by atoms with Gasteiger partial charge >= 0.3 is 0 Å². The van der Waals surface area contributed by atoms with Crippen molar-refractivity contribution in [1.82, 2.24) is 8.87 Å². The van der Waals surface area contributed by atoms with Crippen LogP contribution >= 0.6 is 34.4 Å². The van der Waals surface area contributed by atoms with Gasteiger partial charge in [0.1, 0.15) is 16.1 Å². The van der Waals surface area contributed by atoms with Crippen molar-refractivity contribution in [2.75, 3.05) is 18.6 Å². The Kier molecular flexibility index (Phi) is 6.97. The van der Waals surface area contributed by atoms with Crippen molar-refractivity contribution in [3.8, 4) is 0 Å². The number of carbonyl (C=O) groups is 1. The molecule has 2 aromatic heterocycles. The van der Waals surface area contributed by atoms with E-state index in [0.717, 1.165) is 29.0 Å². The number of amides is 1. The molecule has 4 rings (SSSR count). The zero-order valence-corrected chi connectivity index (χ0v) is 20.1. The summed E-state index contributed by atoms with van der Waals surface area (Å²) in [5.41, 5.74) is 0.818. The first-order valence-corrected chi connectivity index (χ1v) is 14.4. The molecular weight excluding hydrogens is 478 g/mol. The Morgan fingerprint density at radius 3 is 2.90 bits per heavy atom. The lowest BCUT2D eigenvalue weighted by Crippen LogP contribution is -2.47. The van der Waals surface area contributed by atoms with Crippen molar-refractivity contribution in [3.05, 3.63) is 46.3 Å². The van der Waals surface area contributed by atoms with E-state index in [4.69, 9.17) is 0 Å². The predicted molar refractivity (Wildman–Crippen MR) is 125 cm³/mol. The number of thioether (sulfide) groups is 1. The summed E-state index contributed by atoms with van der Waals surface area (Å²) in [6, 6.07) is 6.95. The summed E-state index contributed by atoms with van der Waals surface area (Å²) in [6.07, 6.45) is 3.92. The number of rotatable bonds is 6. The maximum Gasteiger partial charge on any atom is 0.266 e. The largest absolute Gasteiger partial charge is 0.316 e. The second-order valence-electron chi connectivity index (χ2n) is 7.15. The van der Waals surface area contributed by atoms with Gasteiger partial charge in [0.15, 0.2) is 4.80 Å². The van der Waals surface area contributed by atoms with Crippen LogP contribution in [0.3, 0.4) is 0 Å². The highest BCUT2D eigenvalue weighted by molar-refractivity contribution is 7.98. The zero-order chi connectivity index (χ0) is 22.0. The predicted octanol–water partition coefficient (Wildman–Crippen LogP) is 3.94. The number of benzene rings is 1. The average Bonchev–Trinajstić information content (AvgIpc) is 3.40. The second-order valence-corrected chi connectivity index (χ2v) is 12.2. The molecule has 1 aromatic carbocycles. The fourth-order valence-corrected chi connectivity index (χ4v) is 7.89. The van der Waals surface area contributed by atoms with E-state index in [-0.39, 0.29) is 10.0 Å². The van der Waals surface area contributed by atoms with Gasteiger partial charge in [-0.3, -0.25) is 4.79 Å². The van der Waals surface area contributed by atoms with Gasteiger partial charge in [0.05, 0.1) is 10.2 Å². The van der Waals surface area contributed by atoms with Crippen LogP contribution in [0.5, 0.6) is 0 Å². The molecule has 1 unspecified atom stereocenters. The number of fused-ring (bicyclic) bond motifs is 1. The Hall–Kier alpha value is -1.53. The van der Waals surface area contributed by atoms with Crippen molar-refractivity contribution < 1.29 is 17.6 Å². The number of sulfonamides is 1. The quantitative estimate of drug-likeness (QED) is 0.515. The second kappa shape index (κ2) is 9.53. The molecule has 1 aliphatic heterocycles. The molecule has 1 aliphatic rings. The monoisotopic (exact) mass is 499 g/mol. The van der Waals surface area contributed by atoms with Crippen LogP contribution in [0.2, 0.25) is 0 Å². The van der Waals surface area contributed by atoms with E-state index in [9.17, 15) is 17.6 Å². The molecule has 1 fully saturated rings. The molecule has 31 heavy (non-hydrogen) atoms. The lowest BCUT2D eigenvalue weighted by atomic mass is 10.0. The molecule has 1 amide bonds. The van der Waals surface area contributed by atoms with Crippen molar-refractivity contribution in [2.45, 2.75) is 36.1 Å². The van der Waals surface area contributed by atoms with Crippen molar-refractivity contribution in [2.24, 2.45) is 4.99 Å². The van der Waals surface area contributed by atoms with E-state index in [0.29, 0.717) is 35.4 Å². The third-order valence-corrected chi connectivity index (χ3v) is 10.1. The van der Waals surface area contributed by atoms with Gasteiger partial charge < -0.3 is 4.57 Å². The first kappa shape index (κ1) is 22.7. The van der Waals surface area contributed by atoms with E-state index in [1.165, 1.54) is 27.8 Å². The van der Waals surface area contributed by atoms with Crippen LogP contribution < -0.4 is 4.80 Å². The minimum atomic E-state index is -3.75. The van der Waals surface area contributed by atoms with Crippen LogP contribution in [-0.2, 0) is 21.4 Å². The van der Waals surface area contributed by atoms with Crippen molar-refractivity contribution in [1.29, 1.82) is 0 Å². The first-order chi connectivity index (χ1) is 14.9. The fourth-order valence-electron chi connectivity index (χ4n) is 3.67. The minimum absolute atomic E-state index is 0.236. The molecule has 0 saturated carbocycles. The SMILES string of the molecule is CSCCn1c(=NC(=O)C2CCCCN2S(=O)(=O)c2cccs2)sc2cc(F)ccc21. The maximum atomic E-state index is 13.7. The van der Waals surface area contributed by atoms with Crippen molar-refractivity contribution >= 4 is 60.6 Å². The fraction of sp³-hybridized carbons (Fsp3) is 0.400. The maximum absolute atomic E-state index is 13.7. The Morgan fingerprint density at radius 1 is 1.32 bits per heavy atom. The molecule has 0 spiro atoms. The highest BCUT2D eigenvalue weighted by Gasteiger charge is 2.38. The Balaban J connectivity index is 1.74. The molecule has 11 heteroatoms. The number of nitrogens with zero attached hydrogens (tertiary/aromatic N) is 3. The summed E-state index contributed by atoms with van der Waals surface area (Å²) < 4.78 is 44.1. The highest BCUT2D eigenvalue weighted by atomic mass is 32.2. The number of carbonyl (C=O) groups excluding carboxylic acids is 1. The number of aryl methyl sites for hydroxylation is 1. The molecular formula is C20H22FN3O3S4. The van der Waals surface area contributed by atoms with Crippen LogP contribution in [0.1, 0.15) is 19.3 Å². The third-order valence-electron chi connectivity index (χ3n) is 5.17. The normalized spacial score (nSPS) is 18.6. The molecule has 3 aromatic rings. The Bertz CT molecular complexity index is 1250. The number of aromatic nitrogens is 1. The summed E-state index contributed by atoms with van der Waals surface area (Å²) >= 11 is 4.06. The number of hydrogen-bond donors (Lipinski definition) is 0. The van der Waals surface area contributed by atoms with Crippen LogP contribution in [0.25, 0.3) is 10.2 Å². The number of piperidine rings is 1. The van der Waals surface area contributed by atoms with E-state index >= 15 is 0 Å². The molecule has 3 heterocycles. The number of hydrogen-bond acceptors (Lipinski definition) is 6. The lowest BCUT2D eigenvalue weighted by Gasteiger charge is -2.31. The molecule has 0 N–H and O–H groups in total. The summed E-state index contributed by atoms with van der Waals surface area (Å²) in [6.45, 7) is 0.928. The van der Waals surface area contributed by atoms with E-state index in [1.807, 2.05) is 10.8 Å². The summed E-state index contributed by atoms with van der Waals surface area (Å²) in [5, 5.41) is 1.71. The van der Waals surface area contributed by atoms with Gasteiger partial charge in [0.25, 0.3) is 15.9 Å². The zero-order valence-electron chi connectivity index (χ0n) is 16.9. The molecule has 166 valence electrons. The molecule has 1 atom stereocenters. The van der Waals surface area contributed by atoms with Gasteiger partial charge in [-0.05, 0) is 48.7 Å². The van der Waals surface area contributed by atoms with Crippen molar-refractivity contribution in [3.63, 3.8) is 0 Å². The van der Waals surface area contributed by atoms with E-state index in [1.54, 1.807) is 35.3 Å². The van der Waals surface area contributed by atoms with Gasteiger partial charge in [0, 0.05) is 18.8 Å². The van der Waals surface area contributed by atoms with Gasteiger partial charge in [0.2, 0.25) is 0 Å². The Labute approximate surface area is 192 Å². The lowest BCUT2D eigenvalue weighted by molar-refractivity contribution is -0.122. The van der Waals surface area contributed by atoms with Crippen LogP contribution in [0.4, 0.5) is 4.39 Å². The number of thiazole rings is 1. The summed E-state index contributed by atoms with van der Waals surface area (Å²) in [7, 11) is -3.75. The van der Waals surface area contributed by atoms with Crippen LogP contribution in [-0.4, -0.2) is 47.8 Å².